The quantitative estimate of drug-likeness (QED) is 0.909. The third kappa shape index (κ3) is 3.29. The molecule has 18 heavy (non-hydrogen) atoms. The maximum Gasteiger partial charge on any atom is 0.389 e. The Hall–Kier alpha value is -1.43. The Morgan fingerprint density at radius 2 is 1.83 bits per heavy atom. The lowest BCUT2D eigenvalue weighted by Crippen LogP contribution is -2.18. The third-order valence-electron chi connectivity index (χ3n) is 2.73. The third-order valence-corrected chi connectivity index (χ3v) is 2.73. The van der Waals surface area contributed by atoms with E-state index < -0.39 is 18.6 Å². The number of fused-ring (bicyclic) bond motifs is 1. The number of alkyl halides is 3. The van der Waals surface area contributed by atoms with Crippen molar-refractivity contribution < 1.29 is 22.6 Å². The van der Waals surface area contributed by atoms with E-state index in [2.05, 4.69) is 0 Å². The van der Waals surface area contributed by atoms with Gasteiger partial charge in [0.05, 0.1) is 0 Å². The summed E-state index contributed by atoms with van der Waals surface area (Å²) in [6.07, 6.45) is -5.20. The average Bonchev–Trinajstić information content (AvgIpc) is 2.34. The Morgan fingerprint density at radius 1 is 1.17 bits per heavy atom. The van der Waals surface area contributed by atoms with E-state index >= 15 is 0 Å². The van der Waals surface area contributed by atoms with Crippen molar-refractivity contribution in [3.8, 4) is 11.5 Å². The lowest BCUT2D eigenvalue weighted by atomic mass is 10.0. The molecule has 1 aromatic carbocycles. The molecule has 1 aliphatic rings. The predicted molar refractivity (Wildman–Crippen MR) is 59.6 cm³/mol. The molecule has 0 bridgehead atoms. The fraction of sp³-hybridized carbons (Fsp3) is 0.500. The van der Waals surface area contributed by atoms with Gasteiger partial charge in [-0.25, -0.2) is 0 Å². The second kappa shape index (κ2) is 5.06. The van der Waals surface area contributed by atoms with Gasteiger partial charge in [0.1, 0.15) is 13.2 Å². The summed E-state index contributed by atoms with van der Waals surface area (Å²) >= 11 is 0. The van der Waals surface area contributed by atoms with Crippen LogP contribution in [0.15, 0.2) is 18.2 Å². The van der Waals surface area contributed by atoms with Crippen molar-refractivity contribution in [3.63, 3.8) is 0 Å². The molecular formula is C12H14F3NO2. The zero-order valence-corrected chi connectivity index (χ0v) is 9.67. The summed E-state index contributed by atoms with van der Waals surface area (Å²) in [5.41, 5.74) is 6.37. The Morgan fingerprint density at radius 3 is 2.50 bits per heavy atom. The Labute approximate surface area is 103 Å². The number of nitrogens with two attached hydrogens (primary N) is 1. The van der Waals surface area contributed by atoms with Crippen molar-refractivity contribution in [1.29, 1.82) is 0 Å². The van der Waals surface area contributed by atoms with Crippen LogP contribution in [0.2, 0.25) is 0 Å². The van der Waals surface area contributed by atoms with Gasteiger partial charge in [0.15, 0.2) is 11.5 Å². The van der Waals surface area contributed by atoms with E-state index in [0.717, 1.165) is 0 Å². The highest BCUT2D eigenvalue weighted by Gasteiger charge is 2.28. The zero-order valence-electron chi connectivity index (χ0n) is 9.67. The first-order valence-corrected chi connectivity index (χ1v) is 5.67. The van der Waals surface area contributed by atoms with Crippen LogP contribution in [-0.4, -0.2) is 19.4 Å². The first-order valence-electron chi connectivity index (χ1n) is 5.67. The summed E-state index contributed by atoms with van der Waals surface area (Å²) in [5, 5.41) is 0. The molecule has 3 nitrogen and oxygen atoms in total. The Kier molecular flexibility index (Phi) is 3.65. The van der Waals surface area contributed by atoms with Gasteiger partial charge in [-0.3, -0.25) is 0 Å². The molecular weight excluding hydrogens is 247 g/mol. The molecule has 1 atom stereocenters. The molecule has 0 saturated carbocycles. The van der Waals surface area contributed by atoms with Crippen LogP contribution in [0.5, 0.6) is 11.5 Å². The number of hydrogen-bond acceptors (Lipinski definition) is 3. The number of ether oxygens (including phenoxy) is 2. The molecule has 0 fully saturated rings. The minimum absolute atomic E-state index is 0.136. The topological polar surface area (TPSA) is 44.5 Å². The van der Waals surface area contributed by atoms with Crippen LogP contribution in [0.3, 0.4) is 0 Å². The summed E-state index contributed by atoms with van der Waals surface area (Å²) in [7, 11) is 0. The Bertz CT molecular complexity index is 420. The molecule has 1 aromatic rings. The lowest BCUT2D eigenvalue weighted by molar-refractivity contribution is -0.136. The fourth-order valence-electron chi connectivity index (χ4n) is 1.78. The van der Waals surface area contributed by atoms with Crippen LogP contribution in [0.25, 0.3) is 0 Å². The first-order chi connectivity index (χ1) is 8.46. The lowest BCUT2D eigenvalue weighted by Gasteiger charge is -2.20. The van der Waals surface area contributed by atoms with Crippen molar-refractivity contribution in [2.24, 2.45) is 5.73 Å². The Balaban J connectivity index is 2.04. The molecule has 0 saturated heterocycles. The maximum absolute atomic E-state index is 12.1. The van der Waals surface area contributed by atoms with E-state index in [1.807, 2.05) is 0 Å². The van der Waals surface area contributed by atoms with E-state index in [9.17, 15) is 13.2 Å². The number of benzene rings is 1. The number of hydrogen-bond donors (Lipinski definition) is 1. The largest absolute Gasteiger partial charge is 0.486 e. The minimum Gasteiger partial charge on any atom is -0.486 e. The molecule has 0 amide bonds. The zero-order chi connectivity index (χ0) is 13.2. The molecule has 1 heterocycles. The van der Waals surface area contributed by atoms with Gasteiger partial charge in [-0.2, -0.15) is 13.2 Å². The van der Waals surface area contributed by atoms with Gasteiger partial charge >= 0.3 is 6.18 Å². The van der Waals surface area contributed by atoms with E-state index in [0.29, 0.717) is 30.3 Å². The van der Waals surface area contributed by atoms with Gasteiger partial charge < -0.3 is 15.2 Å². The van der Waals surface area contributed by atoms with Gasteiger partial charge in [0, 0.05) is 12.5 Å². The standard InChI is InChI=1S/C12H14F3NO2/c13-12(14,15)4-3-9(16)8-1-2-10-11(7-8)18-6-5-17-10/h1-2,7,9H,3-6,16H2/t9-/m1/s1. The predicted octanol–water partition coefficient (Wildman–Crippen LogP) is 2.80. The van der Waals surface area contributed by atoms with Crippen molar-refractivity contribution in [1.82, 2.24) is 0 Å². The van der Waals surface area contributed by atoms with Crippen LogP contribution in [0, 0.1) is 0 Å². The van der Waals surface area contributed by atoms with Crippen molar-refractivity contribution >= 4 is 0 Å². The second-order valence-corrected chi connectivity index (χ2v) is 4.16. The average molecular weight is 261 g/mol. The second-order valence-electron chi connectivity index (χ2n) is 4.16. The van der Waals surface area contributed by atoms with Crippen molar-refractivity contribution in [2.45, 2.75) is 25.1 Å². The summed E-state index contributed by atoms with van der Waals surface area (Å²) in [5.74, 6) is 1.15. The highest BCUT2D eigenvalue weighted by molar-refractivity contribution is 5.44. The van der Waals surface area contributed by atoms with Crippen molar-refractivity contribution in [3.05, 3.63) is 23.8 Å². The molecule has 1 aliphatic heterocycles. The number of halogens is 3. The molecule has 2 N–H and O–H groups in total. The summed E-state index contributed by atoms with van der Waals surface area (Å²) in [6.45, 7) is 0.917. The summed E-state index contributed by atoms with van der Waals surface area (Å²) in [6, 6.07) is 4.35. The molecule has 0 aliphatic carbocycles. The van der Waals surface area contributed by atoms with Crippen LogP contribution in [0.1, 0.15) is 24.4 Å². The SMILES string of the molecule is N[C@H](CCC(F)(F)F)c1ccc2c(c1)OCCO2. The molecule has 0 spiro atoms. The van der Waals surface area contributed by atoms with Crippen molar-refractivity contribution in [2.75, 3.05) is 13.2 Å². The smallest absolute Gasteiger partial charge is 0.389 e. The van der Waals surface area contributed by atoms with Gasteiger partial charge in [-0.1, -0.05) is 6.07 Å². The maximum atomic E-state index is 12.1. The van der Waals surface area contributed by atoms with Crippen LogP contribution in [-0.2, 0) is 0 Å². The molecule has 0 radical (unpaired) electrons. The first kappa shape index (κ1) is 13.0. The van der Waals surface area contributed by atoms with Gasteiger partial charge in [-0.05, 0) is 24.1 Å². The summed E-state index contributed by atoms with van der Waals surface area (Å²) < 4.78 is 47.0. The molecule has 6 heteroatoms. The van der Waals surface area contributed by atoms with E-state index in [-0.39, 0.29) is 6.42 Å². The highest BCUT2D eigenvalue weighted by atomic mass is 19.4. The van der Waals surface area contributed by atoms with Gasteiger partial charge in [0.25, 0.3) is 0 Å². The number of rotatable bonds is 3. The van der Waals surface area contributed by atoms with E-state index in [1.165, 1.54) is 0 Å². The molecule has 0 aromatic heterocycles. The molecule has 2 rings (SSSR count). The molecule has 0 unspecified atom stereocenters. The minimum atomic E-state index is -4.18. The van der Waals surface area contributed by atoms with Crippen LogP contribution >= 0.6 is 0 Å². The van der Waals surface area contributed by atoms with Crippen LogP contribution < -0.4 is 15.2 Å². The van der Waals surface area contributed by atoms with E-state index in [1.54, 1.807) is 18.2 Å². The fourth-order valence-corrected chi connectivity index (χ4v) is 1.78. The van der Waals surface area contributed by atoms with E-state index in [4.69, 9.17) is 15.2 Å². The monoisotopic (exact) mass is 261 g/mol. The summed E-state index contributed by atoms with van der Waals surface area (Å²) in [4.78, 5) is 0. The molecule has 100 valence electrons. The van der Waals surface area contributed by atoms with Gasteiger partial charge in [-0.15, -0.1) is 0 Å². The van der Waals surface area contributed by atoms with Crippen LogP contribution in [0.4, 0.5) is 13.2 Å². The highest BCUT2D eigenvalue weighted by Crippen LogP contribution is 2.34. The van der Waals surface area contributed by atoms with Gasteiger partial charge in [0.2, 0.25) is 0 Å². The normalized spacial score (nSPS) is 16.4.